The molecule has 0 aromatic carbocycles. The Morgan fingerprint density at radius 3 is 2.35 bits per heavy atom. The van der Waals surface area contributed by atoms with Crippen molar-refractivity contribution in [3.63, 3.8) is 0 Å². The van der Waals surface area contributed by atoms with Crippen molar-refractivity contribution in [3.8, 4) is 0 Å². The van der Waals surface area contributed by atoms with E-state index in [0.717, 1.165) is 31.1 Å². The summed E-state index contributed by atoms with van der Waals surface area (Å²) in [7, 11) is 0. The lowest BCUT2D eigenvalue weighted by molar-refractivity contribution is 0.0179. The average Bonchev–Trinajstić information content (AvgIpc) is 2.68. The normalized spacial score (nSPS) is 17.6. The zero-order chi connectivity index (χ0) is 14.9. The standard InChI is InChI=1S/C15H24N2O2S/c1-11-9-13(20-12(11)2)14(18)17-7-5-16(6-8-17)10-15(3,4)19/h9,19H,5-8,10H2,1-4H3. The minimum Gasteiger partial charge on any atom is -0.389 e. The highest BCUT2D eigenvalue weighted by molar-refractivity contribution is 7.14. The van der Waals surface area contributed by atoms with Crippen LogP contribution in [0.3, 0.4) is 0 Å². The minimum absolute atomic E-state index is 0.147. The van der Waals surface area contributed by atoms with E-state index in [1.165, 1.54) is 10.4 Å². The van der Waals surface area contributed by atoms with E-state index in [0.29, 0.717) is 6.54 Å². The van der Waals surface area contributed by atoms with E-state index in [1.54, 1.807) is 11.3 Å². The Balaban J connectivity index is 1.92. The molecule has 112 valence electrons. The molecule has 2 heterocycles. The number of hydrogen-bond donors (Lipinski definition) is 1. The third kappa shape index (κ3) is 3.81. The summed E-state index contributed by atoms with van der Waals surface area (Å²) in [6.45, 7) is 11.5. The molecule has 0 bridgehead atoms. The number of aliphatic hydroxyl groups is 1. The molecule has 4 nitrogen and oxygen atoms in total. The minimum atomic E-state index is -0.672. The van der Waals surface area contributed by atoms with Crippen LogP contribution in [0.5, 0.6) is 0 Å². The summed E-state index contributed by atoms with van der Waals surface area (Å²) < 4.78 is 0. The van der Waals surface area contributed by atoms with Crippen LogP contribution in [0.4, 0.5) is 0 Å². The second-order valence-electron chi connectivity index (χ2n) is 6.23. The molecule has 1 N–H and O–H groups in total. The maximum atomic E-state index is 12.4. The fourth-order valence-electron chi connectivity index (χ4n) is 2.49. The number of carbonyl (C=O) groups excluding carboxylic acids is 1. The molecule has 0 atom stereocenters. The molecule has 1 amide bonds. The van der Waals surface area contributed by atoms with Crippen LogP contribution in [-0.2, 0) is 0 Å². The Bertz CT molecular complexity index is 463. The van der Waals surface area contributed by atoms with Crippen molar-refractivity contribution in [2.75, 3.05) is 32.7 Å². The maximum absolute atomic E-state index is 12.4. The highest BCUT2D eigenvalue weighted by Gasteiger charge is 2.26. The van der Waals surface area contributed by atoms with E-state index >= 15 is 0 Å². The van der Waals surface area contributed by atoms with Gasteiger partial charge in [0.2, 0.25) is 0 Å². The van der Waals surface area contributed by atoms with Gasteiger partial charge in [-0.2, -0.15) is 0 Å². The zero-order valence-electron chi connectivity index (χ0n) is 12.8. The predicted octanol–water partition coefficient (Wildman–Crippen LogP) is 1.89. The lowest BCUT2D eigenvalue weighted by Crippen LogP contribution is -2.51. The van der Waals surface area contributed by atoms with E-state index < -0.39 is 5.60 Å². The zero-order valence-corrected chi connectivity index (χ0v) is 13.6. The molecule has 1 aromatic heterocycles. The van der Waals surface area contributed by atoms with Crippen molar-refractivity contribution >= 4 is 17.2 Å². The number of hydrogen-bond acceptors (Lipinski definition) is 4. The van der Waals surface area contributed by atoms with Gasteiger partial charge >= 0.3 is 0 Å². The fourth-order valence-corrected chi connectivity index (χ4v) is 3.49. The molecule has 1 aliphatic heterocycles. The second kappa shape index (κ2) is 5.84. The average molecular weight is 296 g/mol. The van der Waals surface area contributed by atoms with Gasteiger partial charge in [0, 0.05) is 37.6 Å². The van der Waals surface area contributed by atoms with Gasteiger partial charge < -0.3 is 10.0 Å². The van der Waals surface area contributed by atoms with Gasteiger partial charge in [-0.05, 0) is 39.3 Å². The molecular weight excluding hydrogens is 272 g/mol. The smallest absolute Gasteiger partial charge is 0.264 e. The van der Waals surface area contributed by atoms with Crippen molar-refractivity contribution in [2.45, 2.75) is 33.3 Å². The SMILES string of the molecule is Cc1cc(C(=O)N2CCN(CC(C)(C)O)CC2)sc1C. The van der Waals surface area contributed by atoms with Gasteiger partial charge in [-0.1, -0.05) is 0 Å². The Morgan fingerprint density at radius 2 is 1.90 bits per heavy atom. The molecule has 1 saturated heterocycles. The van der Waals surface area contributed by atoms with Crippen molar-refractivity contribution in [1.29, 1.82) is 0 Å². The first-order valence-electron chi connectivity index (χ1n) is 7.07. The lowest BCUT2D eigenvalue weighted by atomic mass is 10.1. The third-order valence-electron chi connectivity index (χ3n) is 3.65. The van der Waals surface area contributed by atoms with Gasteiger partial charge in [0.1, 0.15) is 0 Å². The quantitative estimate of drug-likeness (QED) is 0.926. The molecule has 1 fully saturated rings. The van der Waals surface area contributed by atoms with Gasteiger partial charge in [-0.15, -0.1) is 11.3 Å². The summed E-state index contributed by atoms with van der Waals surface area (Å²) in [5.41, 5.74) is 0.521. The monoisotopic (exact) mass is 296 g/mol. The summed E-state index contributed by atoms with van der Waals surface area (Å²) >= 11 is 1.58. The van der Waals surface area contributed by atoms with Gasteiger partial charge in [-0.3, -0.25) is 9.69 Å². The van der Waals surface area contributed by atoms with Gasteiger partial charge in [0.25, 0.3) is 5.91 Å². The number of rotatable bonds is 3. The number of β-amino-alcohol motifs (C(OH)–C–C–N with tert-alkyl or cyclic N) is 1. The fraction of sp³-hybridized carbons (Fsp3) is 0.667. The molecular formula is C15H24N2O2S. The number of aryl methyl sites for hydroxylation is 2. The van der Waals surface area contributed by atoms with Crippen molar-refractivity contribution in [3.05, 3.63) is 21.4 Å². The molecule has 20 heavy (non-hydrogen) atoms. The van der Waals surface area contributed by atoms with E-state index in [1.807, 2.05) is 31.7 Å². The Labute approximate surface area is 125 Å². The van der Waals surface area contributed by atoms with Crippen molar-refractivity contribution in [1.82, 2.24) is 9.80 Å². The predicted molar refractivity (Wildman–Crippen MR) is 82.4 cm³/mol. The summed E-state index contributed by atoms with van der Waals surface area (Å²) in [6.07, 6.45) is 0. The summed E-state index contributed by atoms with van der Waals surface area (Å²) in [6, 6.07) is 1.99. The van der Waals surface area contributed by atoms with Crippen LogP contribution in [0.1, 0.15) is 34.0 Å². The molecule has 0 radical (unpaired) electrons. The first-order chi connectivity index (χ1) is 9.26. The topological polar surface area (TPSA) is 43.8 Å². The van der Waals surface area contributed by atoms with Gasteiger partial charge in [0.15, 0.2) is 0 Å². The number of nitrogens with zero attached hydrogens (tertiary/aromatic N) is 2. The van der Waals surface area contributed by atoms with E-state index in [2.05, 4.69) is 11.8 Å². The van der Waals surface area contributed by atoms with Crippen LogP contribution < -0.4 is 0 Å². The molecule has 0 aliphatic carbocycles. The van der Waals surface area contributed by atoms with Crippen LogP contribution in [0.25, 0.3) is 0 Å². The van der Waals surface area contributed by atoms with E-state index in [-0.39, 0.29) is 5.91 Å². The Morgan fingerprint density at radius 1 is 1.30 bits per heavy atom. The Kier molecular flexibility index (Phi) is 4.52. The van der Waals surface area contributed by atoms with Crippen LogP contribution in [-0.4, -0.2) is 59.1 Å². The third-order valence-corrected chi connectivity index (χ3v) is 4.79. The van der Waals surface area contributed by atoms with Crippen molar-refractivity contribution in [2.24, 2.45) is 0 Å². The van der Waals surface area contributed by atoms with Gasteiger partial charge in [-0.25, -0.2) is 0 Å². The molecule has 0 unspecified atom stereocenters. The highest BCUT2D eigenvalue weighted by atomic mass is 32.1. The Hall–Kier alpha value is -0.910. The number of carbonyl (C=O) groups is 1. The maximum Gasteiger partial charge on any atom is 0.264 e. The van der Waals surface area contributed by atoms with E-state index in [4.69, 9.17) is 0 Å². The second-order valence-corrected chi connectivity index (χ2v) is 7.49. The molecule has 1 aromatic rings. The lowest BCUT2D eigenvalue weighted by Gasteiger charge is -2.37. The van der Waals surface area contributed by atoms with Crippen LogP contribution in [0.15, 0.2) is 6.07 Å². The van der Waals surface area contributed by atoms with Crippen molar-refractivity contribution < 1.29 is 9.90 Å². The molecule has 0 saturated carbocycles. The van der Waals surface area contributed by atoms with Crippen LogP contribution >= 0.6 is 11.3 Å². The molecule has 2 rings (SSSR count). The highest BCUT2D eigenvalue weighted by Crippen LogP contribution is 2.22. The molecule has 0 spiro atoms. The number of thiophene rings is 1. The van der Waals surface area contributed by atoms with E-state index in [9.17, 15) is 9.90 Å². The summed E-state index contributed by atoms with van der Waals surface area (Å²) in [5, 5.41) is 9.84. The van der Waals surface area contributed by atoms with Crippen LogP contribution in [0.2, 0.25) is 0 Å². The number of amides is 1. The summed E-state index contributed by atoms with van der Waals surface area (Å²) in [5.74, 6) is 0.147. The molecule has 5 heteroatoms. The first-order valence-corrected chi connectivity index (χ1v) is 7.89. The molecule has 1 aliphatic rings. The largest absolute Gasteiger partial charge is 0.389 e. The number of piperazine rings is 1. The van der Waals surface area contributed by atoms with Crippen LogP contribution in [0, 0.1) is 13.8 Å². The summed E-state index contributed by atoms with van der Waals surface area (Å²) in [4.78, 5) is 18.6. The first kappa shape index (κ1) is 15.5. The van der Waals surface area contributed by atoms with Gasteiger partial charge in [0.05, 0.1) is 10.5 Å².